The number of amides is 1. The molecule has 1 atom stereocenters. The molecule has 4 heterocycles. The molecule has 1 saturated carbocycles. The van der Waals surface area contributed by atoms with Crippen LogP contribution in [0.2, 0.25) is 0 Å². The maximum atomic E-state index is 12.8. The van der Waals surface area contributed by atoms with Crippen molar-refractivity contribution >= 4 is 27.3 Å². The van der Waals surface area contributed by atoms with Gasteiger partial charge in [0.2, 0.25) is 0 Å². The summed E-state index contributed by atoms with van der Waals surface area (Å²) in [4.78, 5) is 16.3. The number of nitrogens with one attached hydrogen (secondary N) is 1. The number of piperidine rings is 3. The lowest BCUT2D eigenvalue weighted by Crippen LogP contribution is -2.65. The van der Waals surface area contributed by atoms with Crippen LogP contribution < -0.4 is 5.32 Å². The topological polar surface area (TPSA) is 32.3 Å². The van der Waals surface area contributed by atoms with E-state index in [1.807, 2.05) is 0 Å². The van der Waals surface area contributed by atoms with Crippen LogP contribution in [0.15, 0.2) is 24.3 Å². The van der Waals surface area contributed by atoms with Crippen LogP contribution in [0.25, 0.3) is 10.1 Å². The van der Waals surface area contributed by atoms with E-state index in [9.17, 15) is 4.79 Å². The minimum Gasteiger partial charge on any atom is -0.346 e. The van der Waals surface area contributed by atoms with Gasteiger partial charge in [0.15, 0.2) is 0 Å². The first kappa shape index (κ1) is 14.0. The molecule has 2 bridgehead atoms. The number of carbonyl (C=O) groups is 1. The Morgan fingerprint density at radius 2 is 2.04 bits per heavy atom. The Morgan fingerprint density at radius 3 is 2.78 bits per heavy atom. The van der Waals surface area contributed by atoms with Gasteiger partial charge in [0.25, 0.3) is 5.91 Å². The summed E-state index contributed by atoms with van der Waals surface area (Å²) >= 11 is 1.62. The SMILES string of the molecule is Cc1ccc2cc(C(=O)N[C@H]3C4CCN(CC4)C34CC4)sc2c1. The fourth-order valence-corrected chi connectivity index (χ4v) is 5.85. The number of hydrogen-bond acceptors (Lipinski definition) is 3. The zero-order valence-corrected chi connectivity index (χ0v) is 14.3. The third kappa shape index (κ3) is 2.08. The first-order valence-corrected chi connectivity index (χ1v) is 9.53. The fraction of sp³-hybridized carbons (Fsp3) is 0.526. The van der Waals surface area contributed by atoms with Crippen LogP contribution >= 0.6 is 11.3 Å². The Balaban J connectivity index is 1.42. The highest BCUT2D eigenvalue weighted by atomic mass is 32.1. The van der Waals surface area contributed by atoms with Gasteiger partial charge < -0.3 is 5.32 Å². The highest BCUT2D eigenvalue weighted by Gasteiger charge is 2.60. The second-order valence-corrected chi connectivity index (χ2v) is 8.61. The maximum Gasteiger partial charge on any atom is 0.261 e. The molecule has 1 aromatic heterocycles. The number of aryl methyl sites for hydroxylation is 1. The van der Waals surface area contributed by atoms with E-state index in [0.717, 1.165) is 4.88 Å². The van der Waals surface area contributed by atoms with Crippen molar-refractivity contribution in [1.82, 2.24) is 10.2 Å². The van der Waals surface area contributed by atoms with Gasteiger partial charge in [-0.15, -0.1) is 11.3 Å². The van der Waals surface area contributed by atoms with Crippen LogP contribution in [0.1, 0.15) is 40.9 Å². The van der Waals surface area contributed by atoms with Crippen LogP contribution in [0.3, 0.4) is 0 Å². The molecular formula is C19H22N2OS. The average molecular weight is 326 g/mol. The van der Waals surface area contributed by atoms with E-state index in [1.165, 1.54) is 54.4 Å². The van der Waals surface area contributed by atoms with E-state index in [0.29, 0.717) is 17.5 Å². The van der Waals surface area contributed by atoms with Crippen molar-refractivity contribution in [3.8, 4) is 0 Å². The quantitative estimate of drug-likeness (QED) is 0.915. The third-order valence-electron chi connectivity index (χ3n) is 6.17. The number of benzene rings is 1. The van der Waals surface area contributed by atoms with Crippen molar-refractivity contribution in [2.24, 2.45) is 5.92 Å². The maximum absolute atomic E-state index is 12.8. The molecule has 23 heavy (non-hydrogen) atoms. The monoisotopic (exact) mass is 326 g/mol. The minimum absolute atomic E-state index is 0.133. The van der Waals surface area contributed by atoms with Gasteiger partial charge in [-0.25, -0.2) is 0 Å². The molecule has 4 fully saturated rings. The summed E-state index contributed by atoms with van der Waals surface area (Å²) in [5, 5.41) is 4.61. The summed E-state index contributed by atoms with van der Waals surface area (Å²) in [5.41, 5.74) is 1.56. The lowest BCUT2D eigenvalue weighted by molar-refractivity contribution is -0.00138. The van der Waals surface area contributed by atoms with Crippen molar-refractivity contribution in [1.29, 1.82) is 0 Å². The first-order chi connectivity index (χ1) is 11.2. The summed E-state index contributed by atoms with van der Waals surface area (Å²) in [7, 11) is 0. The molecule has 1 aliphatic carbocycles. The molecule has 0 radical (unpaired) electrons. The molecule has 0 unspecified atom stereocenters. The number of fused-ring (bicyclic) bond motifs is 3. The molecule has 1 aromatic carbocycles. The van der Waals surface area contributed by atoms with Gasteiger partial charge in [-0.3, -0.25) is 9.69 Å². The summed E-state index contributed by atoms with van der Waals surface area (Å²) in [6.07, 6.45) is 5.02. The van der Waals surface area contributed by atoms with Gasteiger partial charge in [0.05, 0.1) is 10.9 Å². The molecule has 1 spiro atoms. The van der Waals surface area contributed by atoms with Crippen molar-refractivity contribution in [3.63, 3.8) is 0 Å². The lowest BCUT2D eigenvalue weighted by atomic mass is 9.77. The summed E-state index contributed by atoms with van der Waals surface area (Å²) in [6, 6.07) is 8.82. The van der Waals surface area contributed by atoms with E-state index >= 15 is 0 Å². The number of rotatable bonds is 2. The first-order valence-electron chi connectivity index (χ1n) is 8.72. The van der Waals surface area contributed by atoms with Crippen LogP contribution in [-0.4, -0.2) is 35.5 Å². The zero-order chi connectivity index (χ0) is 15.6. The summed E-state index contributed by atoms with van der Waals surface area (Å²) < 4.78 is 1.21. The summed E-state index contributed by atoms with van der Waals surface area (Å²) in [5.74, 6) is 0.817. The van der Waals surface area contributed by atoms with E-state index in [4.69, 9.17) is 0 Å². The Bertz CT molecular complexity index is 784. The second kappa shape index (κ2) is 4.81. The molecule has 3 nitrogen and oxygen atoms in total. The molecule has 1 amide bonds. The highest BCUT2D eigenvalue weighted by Crippen LogP contribution is 2.53. The van der Waals surface area contributed by atoms with E-state index < -0.39 is 0 Å². The number of carbonyl (C=O) groups excluding carboxylic acids is 1. The Hall–Kier alpha value is -1.39. The van der Waals surface area contributed by atoms with Gasteiger partial charge in [-0.1, -0.05) is 12.1 Å². The Labute approximate surface area is 140 Å². The number of nitrogens with zero attached hydrogens (tertiary/aromatic N) is 1. The predicted molar refractivity (Wildman–Crippen MR) is 94.1 cm³/mol. The molecule has 3 aliphatic heterocycles. The molecule has 2 aromatic rings. The van der Waals surface area contributed by atoms with Crippen molar-refractivity contribution < 1.29 is 4.79 Å². The second-order valence-electron chi connectivity index (χ2n) is 7.53. The standard InChI is InChI=1S/C19H22N2OS/c1-12-2-3-14-11-16(23-15(14)10-12)18(22)20-17-13-4-8-21(9-5-13)19(17)6-7-19/h2-3,10-11,13,17H,4-9H2,1H3,(H,20,22)/t17-/m0/s1. The van der Waals surface area contributed by atoms with Gasteiger partial charge in [0.1, 0.15) is 0 Å². The molecule has 1 N–H and O–H groups in total. The van der Waals surface area contributed by atoms with Gasteiger partial charge in [-0.05, 0) is 74.7 Å². The normalized spacial score (nSPS) is 30.7. The fourth-order valence-electron chi connectivity index (χ4n) is 4.78. The van der Waals surface area contributed by atoms with Crippen LogP contribution in [0.5, 0.6) is 0 Å². The van der Waals surface area contributed by atoms with Crippen molar-refractivity contribution in [2.75, 3.05) is 13.1 Å². The highest BCUT2D eigenvalue weighted by molar-refractivity contribution is 7.20. The van der Waals surface area contributed by atoms with Crippen LogP contribution in [0, 0.1) is 12.8 Å². The van der Waals surface area contributed by atoms with Crippen LogP contribution in [0.4, 0.5) is 0 Å². The third-order valence-corrected chi connectivity index (χ3v) is 7.26. The number of thiophene rings is 1. The van der Waals surface area contributed by atoms with Crippen molar-refractivity contribution in [2.45, 2.75) is 44.2 Å². The average Bonchev–Trinajstić information content (AvgIpc) is 3.22. The Kier molecular flexibility index (Phi) is 2.92. The molecular weight excluding hydrogens is 304 g/mol. The molecule has 4 aliphatic rings. The predicted octanol–water partition coefficient (Wildman–Crippen LogP) is 3.57. The van der Waals surface area contributed by atoms with E-state index in [1.54, 1.807) is 11.3 Å². The minimum atomic E-state index is 0.133. The van der Waals surface area contributed by atoms with Gasteiger partial charge in [0, 0.05) is 10.2 Å². The molecule has 3 saturated heterocycles. The Morgan fingerprint density at radius 1 is 1.26 bits per heavy atom. The lowest BCUT2D eigenvalue weighted by Gasteiger charge is -2.52. The zero-order valence-electron chi connectivity index (χ0n) is 13.5. The van der Waals surface area contributed by atoms with Crippen molar-refractivity contribution in [3.05, 3.63) is 34.7 Å². The number of hydrogen-bond donors (Lipinski definition) is 1. The van der Waals surface area contributed by atoms with E-state index in [-0.39, 0.29) is 5.91 Å². The van der Waals surface area contributed by atoms with E-state index in [2.05, 4.69) is 41.4 Å². The van der Waals surface area contributed by atoms with Gasteiger partial charge >= 0.3 is 0 Å². The largest absolute Gasteiger partial charge is 0.346 e. The van der Waals surface area contributed by atoms with Gasteiger partial charge in [-0.2, -0.15) is 0 Å². The smallest absolute Gasteiger partial charge is 0.261 e. The summed E-state index contributed by atoms with van der Waals surface area (Å²) in [6.45, 7) is 4.57. The van der Waals surface area contributed by atoms with Crippen LogP contribution in [-0.2, 0) is 0 Å². The molecule has 6 rings (SSSR count). The molecule has 120 valence electrons. The molecule has 4 heteroatoms.